The predicted octanol–water partition coefficient (Wildman–Crippen LogP) is 3.84. The van der Waals surface area contributed by atoms with Crippen LogP contribution in [0.3, 0.4) is 0 Å². The molecule has 4 aromatic rings. The van der Waals surface area contributed by atoms with Crippen LogP contribution in [-0.4, -0.2) is 29.7 Å². The summed E-state index contributed by atoms with van der Waals surface area (Å²) >= 11 is 0. The first-order valence-electron chi connectivity index (χ1n) is 7.96. The SMILES string of the molecule is C[C@@H](c1cccnc1)n1cnc2ccc(Nc3cc(C(F)F)[nH]n3)nc21. The largest absolute Gasteiger partial charge is 0.323 e. The Labute approximate surface area is 147 Å². The molecule has 0 aliphatic heterocycles. The van der Waals surface area contributed by atoms with E-state index in [2.05, 4.69) is 30.5 Å². The van der Waals surface area contributed by atoms with Gasteiger partial charge in [0, 0.05) is 18.5 Å². The molecule has 0 fully saturated rings. The molecule has 0 radical (unpaired) electrons. The number of imidazole rings is 1. The Kier molecular flexibility index (Phi) is 4.04. The fraction of sp³-hybridized carbons (Fsp3) is 0.176. The van der Waals surface area contributed by atoms with E-state index in [0.717, 1.165) is 11.1 Å². The van der Waals surface area contributed by atoms with Crippen LogP contribution in [0.15, 0.2) is 49.1 Å². The van der Waals surface area contributed by atoms with Gasteiger partial charge in [0.05, 0.1) is 12.4 Å². The number of aromatic amines is 1. The Bertz CT molecular complexity index is 1030. The molecule has 4 heterocycles. The number of H-pyrrole nitrogens is 1. The molecule has 0 amide bonds. The first kappa shape index (κ1) is 16.1. The van der Waals surface area contributed by atoms with Gasteiger partial charge in [0.25, 0.3) is 6.43 Å². The minimum Gasteiger partial charge on any atom is -0.323 e. The maximum atomic E-state index is 12.7. The van der Waals surface area contributed by atoms with Gasteiger partial charge in [-0.15, -0.1) is 0 Å². The van der Waals surface area contributed by atoms with Crippen molar-refractivity contribution in [2.75, 3.05) is 5.32 Å². The summed E-state index contributed by atoms with van der Waals surface area (Å²) in [7, 11) is 0. The van der Waals surface area contributed by atoms with Crippen molar-refractivity contribution in [3.8, 4) is 0 Å². The van der Waals surface area contributed by atoms with E-state index < -0.39 is 6.43 Å². The first-order chi connectivity index (χ1) is 12.6. The molecule has 1 atom stereocenters. The van der Waals surface area contributed by atoms with E-state index in [1.165, 1.54) is 6.07 Å². The lowest BCUT2D eigenvalue weighted by molar-refractivity contribution is 0.146. The van der Waals surface area contributed by atoms with Crippen molar-refractivity contribution >= 4 is 22.8 Å². The highest BCUT2D eigenvalue weighted by Gasteiger charge is 2.14. The minimum absolute atomic E-state index is 0.00716. The molecular formula is C17H15F2N7. The van der Waals surface area contributed by atoms with Gasteiger partial charge in [-0.25, -0.2) is 18.7 Å². The van der Waals surface area contributed by atoms with Gasteiger partial charge in [-0.1, -0.05) is 6.07 Å². The molecule has 0 saturated carbocycles. The van der Waals surface area contributed by atoms with Crippen LogP contribution in [0.5, 0.6) is 0 Å². The molecule has 0 saturated heterocycles. The molecule has 26 heavy (non-hydrogen) atoms. The predicted molar refractivity (Wildman–Crippen MR) is 92.4 cm³/mol. The Morgan fingerprint density at radius 1 is 1.19 bits per heavy atom. The second-order valence-electron chi connectivity index (χ2n) is 5.79. The maximum absolute atomic E-state index is 12.7. The number of nitrogens with zero attached hydrogens (tertiary/aromatic N) is 5. The second-order valence-corrected chi connectivity index (χ2v) is 5.79. The van der Waals surface area contributed by atoms with Crippen LogP contribution in [0.4, 0.5) is 20.4 Å². The van der Waals surface area contributed by atoms with E-state index in [4.69, 9.17) is 0 Å². The molecular weight excluding hydrogens is 340 g/mol. The van der Waals surface area contributed by atoms with Gasteiger partial charge in [-0.2, -0.15) is 5.10 Å². The Balaban J connectivity index is 1.66. The van der Waals surface area contributed by atoms with E-state index in [-0.39, 0.29) is 17.6 Å². The van der Waals surface area contributed by atoms with E-state index in [9.17, 15) is 8.78 Å². The highest BCUT2D eigenvalue weighted by Crippen LogP contribution is 2.24. The lowest BCUT2D eigenvalue weighted by atomic mass is 10.1. The quantitative estimate of drug-likeness (QED) is 0.568. The summed E-state index contributed by atoms with van der Waals surface area (Å²) < 4.78 is 27.3. The number of hydrogen-bond acceptors (Lipinski definition) is 5. The van der Waals surface area contributed by atoms with Gasteiger partial charge in [0.15, 0.2) is 11.5 Å². The van der Waals surface area contributed by atoms with Crippen LogP contribution in [-0.2, 0) is 0 Å². The summed E-state index contributed by atoms with van der Waals surface area (Å²) in [6.45, 7) is 2.03. The van der Waals surface area contributed by atoms with E-state index in [0.29, 0.717) is 11.5 Å². The third kappa shape index (κ3) is 2.99. The van der Waals surface area contributed by atoms with Crippen molar-refractivity contribution in [1.82, 2.24) is 29.7 Å². The van der Waals surface area contributed by atoms with E-state index >= 15 is 0 Å². The fourth-order valence-electron chi connectivity index (χ4n) is 2.69. The molecule has 4 rings (SSSR count). The molecule has 7 nitrogen and oxygen atoms in total. The first-order valence-corrected chi connectivity index (χ1v) is 7.96. The van der Waals surface area contributed by atoms with Crippen molar-refractivity contribution in [2.24, 2.45) is 0 Å². The van der Waals surface area contributed by atoms with Crippen LogP contribution in [0.2, 0.25) is 0 Å². The van der Waals surface area contributed by atoms with Gasteiger partial charge in [0.2, 0.25) is 0 Å². The van der Waals surface area contributed by atoms with Crippen LogP contribution in [0.25, 0.3) is 11.2 Å². The summed E-state index contributed by atoms with van der Waals surface area (Å²) in [5, 5.41) is 9.04. The average Bonchev–Trinajstić information content (AvgIpc) is 3.29. The Morgan fingerprint density at radius 3 is 2.81 bits per heavy atom. The topological polar surface area (TPSA) is 84.3 Å². The van der Waals surface area contributed by atoms with Crippen LogP contribution >= 0.6 is 0 Å². The molecule has 0 aliphatic carbocycles. The fourth-order valence-corrected chi connectivity index (χ4v) is 2.69. The lowest BCUT2D eigenvalue weighted by Gasteiger charge is -2.14. The van der Waals surface area contributed by atoms with Crippen LogP contribution < -0.4 is 5.32 Å². The molecule has 0 aromatic carbocycles. The number of hydrogen-bond donors (Lipinski definition) is 2. The zero-order valence-corrected chi connectivity index (χ0v) is 13.8. The zero-order valence-electron chi connectivity index (χ0n) is 13.8. The normalized spacial score (nSPS) is 12.6. The van der Waals surface area contributed by atoms with E-state index in [1.54, 1.807) is 24.8 Å². The van der Waals surface area contributed by atoms with Crippen LogP contribution in [0, 0.1) is 0 Å². The van der Waals surface area contributed by atoms with Gasteiger partial charge in [-0.05, 0) is 30.7 Å². The highest BCUT2D eigenvalue weighted by molar-refractivity contribution is 5.74. The Hall–Kier alpha value is -3.36. The molecule has 0 bridgehead atoms. The number of nitrogens with one attached hydrogen (secondary N) is 2. The van der Waals surface area contributed by atoms with Gasteiger partial charge < -0.3 is 9.88 Å². The third-order valence-corrected chi connectivity index (χ3v) is 4.09. The highest BCUT2D eigenvalue weighted by atomic mass is 19.3. The average molecular weight is 355 g/mol. The smallest absolute Gasteiger partial charge is 0.279 e. The number of anilines is 2. The standard InChI is InChI=1S/C17H15F2N7/c1-10(11-3-2-6-20-8-11)26-9-21-12-4-5-14(23-17(12)26)22-15-7-13(16(18)19)24-25-15/h2-10,16H,1H3,(H2,22,23,24,25)/t10-/m0/s1. The molecule has 9 heteroatoms. The van der Waals surface area contributed by atoms with E-state index in [1.807, 2.05) is 29.7 Å². The molecule has 2 N–H and O–H groups in total. The lowest BCUT2D eigenvalue weighted by Crippen LogP contribution is -2.07. The monoisotopic (exact) mass is 355 g/mol. The molecule has 0 unspecified atom stereocenters. The van der Waals surface area contributed by atoms with Gasteiger partial charge in [0.1, 0.15) is 17.0 Å². The van der Waals surface area contributed by atoms with Gasteiger partial charge >= 0.3 is 0 Å². The summed E-state index contributed by atoms with van der Waals surface area (Å²) in [5.41, 5.74) is 2.20. The van der Waals surface area contributed by atoms with Crippen molar-refractivity contribution < 1.29 is 8.78 Å². The minimum atomic E-state index is -2.60. The number of alkyl halides is 2. The Morgan fingerprint density at radius 2 is 2.08 bits per heavy atom. The van der Waals surface area contributed by atoms with Crippen LogP contribution in [0.1, 0.15) is 30.6 Å². The summed E-state index contributed by atoms with van der Waals surface area (Å²) in [4.78, 5) is 13.1. The van der Waals surface area contributed by atoms with Gasteiger partial charge in [-0.3, -0.25) is 10.1 Å². The molecule has 132 valence electrons. The molecule has 0 spiro atoms. The number of fused-ring (bicyclic) bond motifs is 1. The second kappa shape index (κ2) is 6.51. The number of rotatable bonds is 5. The van der Waals surface area contributed by atoms with Crippen molar-refractivity contribution in [2.45, 2.75) is 19.4 Å². The number of aromatic nitrogens is 6. The summed E-state index contributed by atoms with van der Waals surface area (Å²) in [5.74, 6) is 0.767. The maximum Gasteiger partial charge on any atom is 0.279 e. The van der Waals surface area contributed by atoms with Crippen molar-refractivity contribution in [1.29, 1.82) is 0 Å². The van der Waals surface area contributed by atoms with Crippen molar-refractivity contribution in [3.05, 3.63) is 60.3 Å². The molecule has 4 aromatic heterocycles. The summed E-state index contributed by atoms with van der Waals surface area (Å²) in [6.07, 6.45) is 2.65. The number of halogens is 2. The zero-order chi connectivity index (χ0) is 18.1. The molecule has 0 aliphatic rings. The van der Waals surface area contributed by atoms with Crippen molar-refractivity contribution in [3.63, 3.8) is 0 Å². The third-order valence-electron chi connectivity index (χ3n) is 4.09. The summed E-state index contributed by atoms with van der Waals surface area (Å²) in [6, 6.07) is 8.66. The number of pyridine rings is 2.